The van der Waals surface area contributed by atoms with Gasteiger partial charge in [0.1, 0.15) is 0 Å². The first-order valence-electron chi connectivity index (χ1n) is 5.51. The van der Waals surface area contributed by atoms with E-state index in [1.165, 1.54) is 0 Å². The van der Waals surface area contributed by atoms with Gasteiger partial charge in [0.25, 0.3) is 0 Å². The lowest BCUT2D eigenvalue weighted by molar-refractivity contribution is 0.306. The van der Waals surface area contributed by atoms with Gasteiger partial charge in [0, 0.05) is 19.2 Å². The van der Waals surface area contributed by atoms with Crippen molar-refractivity contribution in [3.05, 3.63) is 30.2 Å². The van der Waals surface area contributed by atoms with E-state index in [2.05, 4.69) is 28.8 Å². The van der Waals surface area contributed by atoms with Gasteiger partial charge < -0.3 is 10.1 Å². The van der Waals surface area contributed by atoms with Crippen molar-refractivity contribution < 1.29 is 4.74 Å². The Morgan fingerprint density at radius 3 is 3.00 bits per heavy atom. The van der Waals surface area contributed by atoms with Crippen LogP contribution < -0.4 is 10.1 Å². The summed E-state index contributed by atoms with van der Waals surface area (Å²) < 4.78 is 5.48. The lowest BCUT2D eigenvalue weighted by Crippen LogP contribution is -2.13. The second-order valence-corrected chi connectivity index (χ2v) is 3.68. The highest BCUT2D eigenvalue weighted by Crippen LogP contribution is 2.06. The van der Waals surface area contributed by atoms with Crippen molar-refractivity contribution in [2.24, 2.45) is 0 Å². The molecule has 1 aromatic heterocycles. The minimum Gasteiger partial charge on any atom is -0.476 e. The maximum Gasteiger partial charge on any atom is 0.232 e. The third-order valence-electron chi connectivity index (χ3n) is 2.00. The van der Waals surface area contributed by atoms with Crippen LogP contribution in [0.25, 0.3) is 0 Å². The van der Waals surface area contributed by atoms with Crippen LogP contribution >= 0.6 is 0 Å². The fraction of sp³-hybridized carbons (Fsp3) is 0.500. The van der Waals surface area contributed by atoms with Crippen LogP contribution in [0, 0.1) is 0 Å². The molecule has 1 aromatic rings. The van der Waals surface area contributed by atoms with Gasteiger partial charge in [0.2, 0.25) is 5.88 Å². The fourth-order valence-electron chi connectivity index (χ4n) is 1.12. The van der Waals surface area contributed by atoms with Crippen LogP contribution in [0.2, 0.25) is 0 Å². The predicted molar refractivity (Wildman–Crippen MR) is 64.3 cm³/mol. The summed E-state index contributed by atoms with van der Waals surface area (Å²) in [7, 11) is 0. The Labute approximate surface area is 96.8 Å². The monoisotopic (exact) mass is 221 g/mol. The number of ether oxygens (including phenoxy) is 1. The van der Waals surface area contributed by atoms with Gasteiger partial charge in [-0.1, -0.05) is 12.5 Å². The lowest BCUT2D eigenvalue weighted by atomic mass is 10.3. The van der Waals surface area contributed by atoms with E-state index in [1.54, 1.807) is 12.4 Å². The lowest BCUT2D eigenvalue weighted by Gasteiger charge is -2.06. The zero-order valence-electron chi connectivity index (χ0n) is 9.99. The van der Waals surface area contributed by atoms with Crippen molar-refractivity contribution >= 4 is 0 Å². The molecule has 4 heteroatoms. The van der Waals surface area contributed by atoms with Crippen LogP contribution in [0.15, 0.2) is 24.5 Å². The van der Waals surface area contributed by atoms with E-state index in [0.29, 0.717) is 12.5 Å². The molecule has 0 aliphatic heterocycles. The number of nitrogens with zero attached hydrogens (tertiary/aromatic N) is 2. The van der Waals surface area contributed by atoms with Gasteiger partial charge in [-0.2, -0.15) is 0 Å². The highest BCUT2D eigenvalue weighted by atomic mass is 16.5. The summed E-state index contributed by atoms with van der Waals surface area (Å²) in [4.78, 5) is 8.42. The normalized spacial score (nSPS) is 10.1. The summed E-state index contributed by atoms with van der Waals surface area (Å²) in [6.07, 6.45) is 4.22. The molecule has 0 radical (unpaired) electrons. The molecule has 0 saturated carbocycles. The zero-order valence-corrected chi connectivity index (χ0v) is 9.99. The summed E-state index contributed by atoms with van der Waals surface area (Å²) in [6.45, 7) is 10.1. The zero-order chi connectivity index (χ0) is 11.8. The van der Waals surface area contributed by atoms with E-state index in [-0.39, 0.29) is 0 Å². The van der Waals surface area contributed by atoms with Gasteiger partial charge in [-0.05, 0) is 13.5 Å². The molecule has 1 rings (SSSR count). The van der Waals surface area contributed by atoms with E-state index < -0.39 is 0 Å². The van der Waals surface area contributed by atoms with Crippen LogP contribution in [-0.2, 0) is 6.54 Å². The van der Waals surface area contributed by atoms with Crippen molar-refractivity contribution in [1.29, 1.82) is 0 Å². The highest BCUT2D eigenvalue weighted by molar-refractivity contribution is 5.08. The maximum absolute atomic E-state index is 5.48. The van der Waals surface area contributed by atoms with Gasteiger partial charge in [-0.15, -0.1) is 6.58 Å². The topological polar surface area (TPSA) is 47.0 Å². The molecular formula is C12H19N3O. The van der Waals surface area contributed by atoms with Gasteiger partial charge in [-0.25, -0.2) is 4.98 Å². The predicted octanol–water partition coefficient (Wildman–Crippen LogP) is 1.93. The number of hydrogen-bond donors (Lipinski definition) is 1. The summed E-state index contributed by atoms with van der Waals surface area (Å²) in [6, 6.07) is 0. The Morgan fingerprint density at radius 1 is 1.50 bits per heavy atom. The standard InChI is InChI=1S/C12H19N3O/c1-4-13-7-11-8-14-9-12(15-11)16-6-5-10(2)3/h8-9,13H,2,4-7H2,1,3H3. The summed E-state index contributed by atoms with van der Waals surface area (Å²) in [5.41, 5.74) is 2.01. The Bertz CT molecular complexity index is 339. The number of rotatable bonds is 7. The molecule has 0 fully saturated rings. The molecule has 0 aliphatic carbocycles. The third kappa shape index (κ3) is 4.89. The van der Waals surface area contributed by atoms with Gasteiger partial charge in [0.15, 0.2) is 0 Å². The summed E-state index contributed by atoms with van der Waals surface area (Å²) in [5, 5.41) is 3.19. The summed E-state index contributed by atoms with van der Waals surface area (Å²) >= 11 is 0. The van der Waals surface area contributed by atoms with E-state index in [1.807, 2.05) is 6.92 Å². The van der Waals surface area contributed by atoms with Crippen LogP contribution in [0.3, 0.4) is 0 Å². The molecule has 16 heavy (non-hydrogen) atoms. The third-order valence-corrected chi connectivity index (χ3v) is 2.00. The molecule has 0 unspecified atom stereocenters. The smallest absolute Gasteiger partial charge is 0.232 e. The van der Waals surface area contributed by atoms with Crippen molar-refractivity contribution in [1.82, 2.24) is 15.3 Å². The largest absolute Gasteiger partial charge is 0.476 e. The number of nitrogens with one attached hydrogen (secondary N) is 1. The molecule has 88 valence electrons. The van der Waals surface area contributed by atoms with Crippen LogP contribution in [0.1, 0.15) is 26.0 Å². The van der Waals surface area contributed by atoms with E-state index in [4.69, 9.17) is 4.74 Å². The molecule has 0 aliphatic rings. The van der Waals surface area contributed by atoms with Crippen molar-refractivity contribution in [2.45, 2.75) is 26.8 Å². The Kier molecular flexibility index (Phi) is 5.50. The first-order valence-corrected chi connectivity index (χ1v) is 5.51. The average Bonchev–Trinajstić information content (AvgIpc) is 2.26. The second-order valence-electron chi connectivity index (χ2n) is 3.68. The van der Waals surface area contributed by atoms with Gasteiger partial charge >= 0.3 is 0 Å². The molecule has 0 saturated heterocycles. The number of aromatic nitrogens is 2. The van der Waals surface area contributed by atoms with Crippen LogP contribution in [0.4, 0.5) is 0 Å². The maximum atomic E-state index is 5.48. The van der Waals surface area contributed by atoms with Crippen LogP contribution in [-0.4, -0.2) is 23.1 Å². The van der Waals surface area contributed by atoms with Crippen LogP contribution in [0.5, 0.6) is 5.88 Å². The molecule has 0 atom stereocenters. The van der Waals surface area contributed by atoms with E-state index in [9.17, 15) is 0 Å². The highest BCUT2D eigenvalue weighted by Gasteiger charge is 1.99. The molecule has 0 bridgehead atoms. The molecule has 1 N–H and O–H groups in total. The average molecular weight is 221 g/mol. The Morgan fingerprint density at radius 2 is 2.31 bits per heavy atom. The quantitative estimate of drug-likeness (QED) is 0.715. The second kappa shape index (κ2) is 6.95. The molecule has 4 nitrogen and oxygen atoms in total. The molecule has 0 amide bonds. The first kappa shape index (κ1) is 12.6. The number of hydrogen-bond acceptors (Lipinski definition) is 4. The molecule has 1 heterocycles. The SMILES string of the molecule is C=C(C)CCOc1cncc(CNCC)n1. The minimum absolute atomic E-state index is 0.580. The Balaban J connectivity index is 2.43. The van der Waals surface area contributed by atoms with Crippen molar-refractivity contribution in [3.63, 3.8) is 0 Å². The van der Waals surface area contributed by atoms with Gasteiger partial charge in [0.05, 0.1) is 18.5 Å². The first-order chi connectivity index (χ1) is 7.72. The molecular weight excluding hydrogens is 202 g/mol. The van der Waals surface area contributed by atoms with Crippen molar-refractivity contribution in [2.75, 3.05) is 13.2 Å². The fourth-order valence-corrected chi connectivity index (χ4v) is 1.12. The minimum atomic E-state index is 0.580. The van der Waals surface area contributed by atoms with E-state index in [0.717, 1.165) is 30.8 Å². The Hall–Kier alpha value is -1.42. The van der Waals surface area contributed by atoms with Crippen molar-refractivity contribution in [3.8, 4) is 5.88 Å². The molecule has 0 spiro atoms. The van der Waals surface area contributed by atoms with Gasteiger partial charge in [-0.3, -0.25) is 4.98 Å². The summed E-state index contributed by atoms with van der Waals surface area (Å²) in [5.74, 6) is 0.580. The molecule has 0 aromatic carbocycles. The van der Waals surface area contributed by atoms with E-state index >= 15 is 0 Å².